The Labute approximate surface area is 133 Å². The molecule has 1 aliphatic rings. The van der Waals surface area contributed by atoms with Crippen molar-refractivity contribution < 1.29 is 4.74 Å². The highest BCUT2D eigenvalue weighted by atomic mass is 16.5. The molecule has 0 radical (unpaired) electrons. The first-order valence-electron chi connectivity index (χ1n) is 7.84. The predicted octanol–water partition coefficient (Wildman–Crippen LogP) is 2.39. The summed E-state index contributed by atoms with van der Waals surface area (Å²) in [4.78, 5) is 17.1. The fraction of sp³-hybridized carbons (Fsp3) is 0.353. The van der Waals surface area contributed by atoms with Crippen molar-refractivity contribution in [1.82, 2.24) is 19.3 Å². The topological polar surface area (TPSA) is 61.9 Å². The summed E-state index contributed by atoms with van der Waals surface area (Å²) < 4.78 is 8.56. The summed E-state index contributed by atoms with van der Waals surface area (Å²) >= 11 is 0. The quantitative estimate of drug-likeness (QED) is 0.742. The maximum atomic E-state index is 12.6. The summed E-state index contributed by atoms with van der Waals surface area (Å²) in [5.74, 6) is 1.39. The first kappa shape index (κ1) is 14.0. The summed E-state index contributed by atoms with van der Waals surface area (Å²) in [5, 5.41) is 4.89. The van der Waals surface area contributed by atoms with Gasteiger partial charge in [0.2, 0.25) is 0 Å². The Morgan fingerprint density at radius 1 is 1.26 bits per heavy atom. The molecule has 0 bridgehead atoms. The molecule has 0 N–H and O–H groups in total. The predicted molar refractivity (Wildman–Crippen MR) is 87.0 cm³/mol. The number of hydrogen-bond donors (Lipinski definition) is 0. The number of benzene rings is 1. The maximum Gasteiger partial charge on any atom is 0.264 e. The van der Waals surface area contributed by atoms with Gasteiger partial charge in [-0.1, -0.05) is 6.42 Å². The first-order chi connectivity index (χ1) is 11.3. The van der Waals surface area contributed by atoms with E-state index in [1.165, 1.54) is 19.3 Å². The minimum absolute atomic E-state index is 0.0124. The van der Waals surface area contributed by atoms with Crippen molar-refractivity contribution in [1.29, 1.82) is 0 Å². The number of aromatic nitrogens is 4. The maximum absolute atomic E-state index is 12.6. The highest BCUT2D eigenvalue weighted by molar-refractivity contribution is 5.74. The van der Waals surface area contributed by atoms with E-state index in [4.69, 9.17) is 4.74 Å². The van der Waals surface area contributed by atoms with Crippen LogP contribution in [0.4, 0.5) is 0 Å². The summed E-state index contributed by atoms with van der Waals surface area (Å²) in [6.07, 6.45) is 6.92. The molecule has 6 nitrogen and oxygen atoms in total. The van der Waals surface area contributed by atoms with Gasteiger partial charge in [-0.15, -0.1) is 0 Å². The Balaban J connectivity index is 1.74. The molecule has 3 aromatic rings. The molecule has 2 aromatic heterocycles. The van der Waals surface area contributed by atoms with Crippen LogP contribution < -0.4 is 10.3 Å². The molecule has 0 spiro atoms. The van der Waals surface area contributed by atoms with E-state index in [1.54, 1.807) is 28.9 Å². The smallest absolute Gasteiger partial charge is 0.264 e. The third kappa shape index (κ3) is 2.40. The molecule has 6 heteroatoms. The number of fused-ring (bicyclic) bond motifs is 1. The van der Waals surface area contributed by atoms with Gasteiger partial charge in [0.1, 0.15) is 11.1 Å². The fourth-order valence-electron chi connectivity index (χ4n) is 2.94. The standard InChI is InChI=1S/C17H18N4O2/c1-23-14-7-5-13(6-8-14)21-16-15(9-19-21)17(22)20(11-18-16)10-12-3-2-4-12/h5-9,11-12H,2-4,10H2,1H3. The van der Waals surface area contributed by atoms with Crippen LogP contribution >= 0.6 is 0 Å². The largest absolute Gasteiger partial charge is 0.497 e. The molecule has 1 aromatic carbocycles. The van der Waals surface area contributed by atoms with Crippen molar-refractivity contribution in [3.63, 3.8) is 0 Å². The van der Waals surface area contributed by atoms with E-state index in [9.17, 15) is 4.79 Å². The highest BCUT2D eigenvalue weighted by Crippen LogP contribution is 2.27. The van der Waals surface area contributed by atoms with Crippen LogP contribution in [0.1, 0.15) is 19.3 Å². The van der Waals surface area contributed by atoms with Gasteiger partial charge in [-0.3, -0.25) is 9.36 Å². The molecule has 1 fully saturated rings. The summed E-state index contributed by atoms with van der Waals surface area (Å²) in [6, 6.07) is 7.51. The molecular weight excluding hydrogens is 292 g/mol. The molecule has 2 heterocycles. The lowest BCUT2D eigenvalue weighted by atomic mass is 9.85. The molecule has 23 heavy (non-hydrogen) atoms. The molecule has 0 atom stereocenters. The molecule has 1 saturated carbocycles. The van der Waals surface area contributed by atoms with E-state index >= 15 is 0 Å². The molecule has 1 aliphatic carbocycles. The van der Waals surface area contributed by atoms with Crippen molar-refractivity contribution in [2.75, 3.05) is 7.11 Å². The number of ether oxygens (including phenoxy) is 1. The van der Waals surface area contributed by atoms with Crippen molar-refractivity contribution in [3.05, 3.63) is 47.1 Å². The van der Waals surface area contributed by atoms with Gasteiger partial charge in [0.15, 0.2) is 5.65 Å². The van der Waals surface area contributed by atoms with Gasteiger partial charge in [0, 0.05) is 6.54 Å². The molecule has 0 saturated heterocycles. The Morgan fingerprint density at radius 3 is 2.70 bits per heavy atom. The monoisotopic (exact) mass is 310 g/mol. The van der Waals surface area contributed by atoms with Gasteiger partial charge in [-0.05, 0) is 43.0 Å². The van der Waals surface area contributed by atoms with E-state index in [0.29, 0.717) is 17.0 Å². The number of methoxy groups -OCH3 is 1. The van der Waals surface area contributed by atoms with E-state index in [2.05, 4.69) is 10.1 Å². The summed E-state index contributed by atoms with van der Waals surface area (Å²) in [7, 11) is 1.63. The third-order valence-corrected chi connectivity index (χ3v) is 4.55. The SMILES string of the molecule is COc1ccc(-n2ncc3c(=O)n(CC4CCC4)cnc32)cc1. The van der Waals surface area contributed by atoms with Gasteiger partial charge in [-0.25, -0.2) is 9.67 Å². The van der Waals surface area contributed by atoms with Crippen molar-refractivity contribution in [2.24, 2.45) is 5.92 Å². The van der Waals surface area contributed by atoms with Crippen LogP contribution in [0.25, 0.3) is 16.7 Å². The Bertz CT molecular complexity index is 891. The molecule has 0 unspecified atom stereocenters. The molecule has 0 aliphatic heterocycles. The van der Waals surface area contributed by atoms with Gasteiger partial charge in [-0.2, -0.15) is 5.10 Å². The molecule has 4 rings (SSSR count). The average molecular weight is 310 g/mol. The van der Waals surface area contributed by atoms with Crippen LogP contribution in [-0.4, -0.2) is 26.4 Å². The summed E-state index contributed by atoms with van der Waals surface area (Å²) in [5.41, 5.74) is 1.43. The van der Waals surface area contributed by atoms with E-state index in [1.807, 2.05) is 24.3 Å². The lowest BCUT2D eigenvalue weighted by Gasteiger charge is -2.25. The molecule has 118 valence electrons. The fourth-order valence-corrected chi connectivity index (χ4v) is 2.94. The minimum atomic E-state index is -0.0124. The van der Waals surface area contributed by atoms with Crippen LogP contribution in [0.3, 0.4) is 0 Å². The summed E-state index contributed by atoms with van der Waals surface area (Å²) in [6.45, 7) is 0.759. The van der Waals surface area contributed by atoms with Crippen molar-refractivity contribution in [3.8, 4) is 11.4 Å². The lowest BCUT2D eigenvalue weighted by Crippen LogP contribution is -2.27. The van der Waals surface area contributed by atoms with Gasteiger partial charge < -0.3 is 4.74 Å². The van der Waals surface area contributed by atoms with Gasteiger partial charge in [0.05, 0.1) is 25.3 Å². The zero-order valence-corrected chi connectivity index (χ0v) is 13.0. The van der Waals surface area contributed by atoms with Crippen LogP contribution in [-0.2, 0) is 6.54 Å². The number of nitrogens with zero attached hydrogens (tertiary/aromatic N) is 4. The first-order valence-corrected chi connectivity index (χ1v) is 7.84. The number of rotatable bonds is 4. The normalized spacial score (nSPS) is 14.8. The Morgan fingerprint density at radius 2 is 2.04 bits per heavy atom. The molecular formula is C17H18N4O2. The Kier molecular flexibility index (Phi) is 3.37. The zero-order chi connectivity index (χ0) is 15.8. The van der Waals surface area contributed by atoms with Crippen LogP contribution in [0.15, 0.2) is 41.6 Å². The second-order valence-corrected chi connectivity index (χ2v) is 5.99. The Hall–Kier alpha value is -2.63. The lowest BCUT2D eigenvalue weighted by molar-refractivity contribution is 0.273. The average Bonchev–Trinajstić information content (AvgIpc) is 2.97. The number of hydrogen-bond acceptors (Lipinski definition) is 4. The van der Waals surface area contributed by atoms with Crippen molar-refractivity contribution in [2.45, 2.75) is 25.8 Å². The van der Waals surface area contributed by atoms with E-state index in [0.717, 1.165) is 18.0 Å². The zero-order valence-electron chi connectivity index (χ0n) is 13.0. The van der Waals surface area contributed by atoms with Gasteiger partial charge in [0.25, 0.3) is 5.56 Å². The minimum Gasteiger partial charge on any atom is -0.497 e. The van der Waals surface area contributed by atoms with Gasteiger partial charge >= 0.3 is 0 Å². The van der Waals surface area contributed by atoms with Crippen molar-refractivity contribution >= 4 is 11.0 Å². The van der Waals surface area contributed by atoms with E-state index < -0.39 is 0 Å². The second-order valence-electron chi connectivity index (χ2n) is 5.99. The highest BCUT2D eigenvalue weighted by Gasteiger charge is 2.19. The van der Waals surface area contributed by atoms with Crippen LogP contribution in [0, 0.1) is 5.92 Å². The molecule has 0 amide bonds. The van der Waals surface area contributed by atoms with Crippen LogP contribution in [0.5, 0.6) is 5.75 Å². The third-order valence-electron chi connectivity index (χ3n) is 4.55. The van der Waals surface area contributed by atoms with E-state index in [-0.39, 0.29) is 5.56 Å². The second kappa shape index (κ2) is 5.53. The van der Waals surface area contributed by atoms with Crippen LogP contribution in [0.2, 0.25) is 0 Å².